The van der Waals surface area contributed by atoms with Crippen LogP contribution in [0.2, 0.25) is 0 Å². The van der Waals surface area contributed by atoms with Gasteiger partial charge in [-0.2, -0.15) is 0 Å². The molecule has 16 heavy (non-hydrogen) atoms. The standard InChI is InChI=1S/C15H23N/c1-2-15(16)14-10-8-13(9-11-14)12-6-4-3-5-7-12/h8-12,15H,2-7,16H2,1H3/t15-/m0/s1. The summed E-state index contributed by atoms with van der Waals surface area (Å²) >= 11 is 0. The molecule has 1 atom stereocenters. The van der Waals surface area contributed by atoms with Gasteiger partial charge in [-0.15, -0.1) is 0 Å². The second-order valence-electron chi connectivity index (χ2n) is 5.02. The van der Waals surface area contributed by atoms with E-state index in [1.165, 1.54) is 43.2 Å². The highest BCUT2D eigenvalue weighted by molar-refractivity contribution is 5.27. The van der Waals surface area contributed by atoms with Gasteiger partial charge in [0.05, 0.1) is 0 Å². The van der Waals surface area contributed by atoms with Gasteiger partial charge in [0.25, 0.3) is 0 Å². The molecule has 0 amide bonds. The molecule has 1 nitrogen and oxygen atoms in total. The van der Waals surface area contributed by atoms with E-state index in [9.17, 15) is 0 Å². The highest BCUT2D eigenvalue weighted by atomic mass is 14.6. The fourth-order valence-electron chi connectivity index (χ4n) is 2.69. The first kappa shape index (κ1) is 11.7. The summed E-state index contributed by atoms with van der Waals surface area (Å²) in [5.41, 5.74) is 8.82. The zero-order valence-electron chi connectivity index (χ0n) is 10.3. The second-order valence-corrected chi connectivity index (χ2v) is 5.02. The van der Waals surface area contributed by atoms with Crippen LogP contribution >= 0.6 is 0 Å². The molecule has 1 aliphatic carbocycles. The zero-order valence-corrected chi connectivity index (χ0v) is 10.3. The Bertz CT molecular complexity index is 309. The Morgan fingerprint density at radius 1 is 1.12 bits per heavy atom. The fourth-order valence-corrected chi connectivity index (χ4v) is 2.69. The van der Waals surface area contributed by atoms with Crippen LogP contribution in [0.4, 0.5) is 0 Å². The minimum atomic E-state index is 0.209. The van der Waals surface area contributed by atoms with Crippen LogP contribution in [0.1, 0.15) is 68.5 Å². The molecule has 1 fully saturated rings. The molecule has 1 aromatic carbocycles. The fraction of sp³-hybridized carbons (Fsp3) is 0.600. The predicted molar refractivity (Wildman–Crippen MR) is 69.5 cm³/mol. The first-order valence-electron chi connectivity index (χ1n) is 6.66. The molecule has 0 aromatic heterocycles. The lowest BCUT2D eigenvalue weighted by molar-refractivity contribution is 0.443. The quantitative estimate of drug-likeness (QED) is 0.809. The normalized spacial score (nSPS) is 19.6. The van der Waals surface area contributed by atoms with Crippen LogP contribution in [0.25, 0.3) is 0 Å². The Kier molecular flexibility index (Phi) is 4.00. The first-order valence-corrected chi connectivity index (χ1v) is 6.66. The molecule has 0 aliphatic heterocycles. The van der Waals surface area contributed by atoms with Gasteiger partial charge in [-0.3, -0.25) is 0 Å². The summed E-state index contributed by atoms with van der Waals surface area (Å²) in [6.45, 7) is 2.14. The zero-order chi connectivity index (χ0) is 11.4. The lowest BCUT2D eigenvalue weighted by Crippen LogP contribution is -2.09. The van der Waals surface area contributed by atoms with Crippen LogP contribution in [0.3, 0.4) is 0 Å². The van der Waals surface area contributed by atoms with Crippen molar-refractivity contribution in [1.82, 2.24) is 0 Å². The van der Waals surface area contributed by atoms with Gasteiger partial charge in [-0.1, -0.05) is 50.5 Å². The van der Waals surface area contributed by atoms with E-state index < -0.39 is 0 Å². The van der Waals surface area contributed by atoms with Gasteiger partial charge in [0.15, 0.2) is 0 Å². The molecule has 0 radical (unpaired) electrons. The van der Waals surface area contributed by atoms with Crippen LogP contribution in [0.5, 0.6) is 0 Å². The Morgan fingerprint density at radius 2 is 1.75 bits per heavy atom. The Balaban J connectivity index is 2.06. The van der Waals surface area contributed by atoms with E-state index in [4.69, 9.17) is 5.73 Å². The summed E-state index contributed by atoms with van der Waals surface area (Å²) in [6.07, 6.45) is 8.00. The van der Waals surface area contributed by atoms with E-state index in [0.29, 0.717) is 0 Å². The molecule has 88 valence electrons. The summed E-state index contributed by atoms with van der Waals surface area (Å²) in [7, 11) is 0. The first-order chi connectivity index (χ1) is 7.81. The summed E-state index contributed by atoms with van der Waals surface area (Å²) in [5.74, 6) is 0.806. The Hall–Kier alpha value is -0.820. The topological polar surface area (TPSA) is 26.0 Å². The molecule has 0 spiro atoms. The Morgan fingerprint density at radius 3 is 2.31 bits per heavy atom. The van der Waals surface area contributed by atoms with E-state index in [-0.39, 0.29) is 6.04 Å². The molecule has 2 rings (SSSR count). The van der Waals surface area contributed by atoms with Gasteiger partial charge < -0.3 is 5.73 Å². The molecule has 0 unspecified atom stereocenters. The van der Waals surface area contributed by atoms with Crippen LogP contribution in [0.15, 0.2) is 24.3 Å². The van der Waals surface area contributed by atoms with Gasteiger partial charge in [0.2, 0.25) is 0 Å². The Labute approximate surface area is 99.0 Å². The number of hydrogen-bond acceptors (Lipinski definition) is 1. The van der Waals surface area contributed by atoms with E-state index in [2.05, 4.69) is 31.2 Å². The second kappa shape index (κ2) is 5.49. The van der Waals surface area contributed by atoms with Crippen molar-refractivity contribution >= 4 is 0 Å². The molecule has 1 heteroatoms. The summed E-state index contributed by atoms with van der Waals surface area (Å²) in [6, 6.07) is 9.23. The third-order valence-electron chi connectivity index (χ3n) is 3.88. The van der Waals surface area contributed by atoms with E-state index >= 15 is 0 Å². The van der Waals surface area contributed by atoms with Gasteiger partial charge in [0, 0.05) is 6.04 Å². The average molecular weight is 217 g/mol. The van der Waals surface area contributed by atoms with Crippen molar-refractivity contribution in [3.8, 4) is 0 Å². The van der Waals surface area contributed by atoms with Gasteiger partial charge in [0.1, 0.15) is 0 Å². The lowest BCUT2D eigenvalue weighted by Gasteiger charge is -2.22. The highest BCUT2D eigenvalue weighted by Gasteiger charge is 2.15. The van der Waals surface area contributed by atoms with Crippen molar-refractivity contribution in [2.24, 2.45) is 5.73 Å². The van der Waals surface area contributed by atoms with E-state index in [1.54, 1.807) is 0 Å². The van der Waals surface area contributed by atoms with E-state index in [1.807, 2.05) is 0 Å². The number of nitrogens with two attached hydrogens (primary N) is 1. The molecular formula is C15H23N. The largest absolute Gasteiger partial charge is 0.324 e. The van der Waals surface area contributed by atoms with Crippen molar-refractivity contribution in [2.75, 3.05) is 0 Å². The lowest BCUT2D eigenvalue weighted by atomic mass is 9.83. The molecule has 0 saturated heterocycles. The maximum atomic E-state index is 6.02. The third-order valence-corrected chi connectivity index (χ3v) is 3.88. The summed E-state index contributed by atoms with van der Waals surface area (Å²) in [5, 5.41) is 0. The maximum Gasteiger partial charge on any atom is 0.0292 e. The molecule has 2 N–H and O–H groups in total. The number of benzene rings is 1. The summed E-state index contributed by atoms with van der Waals surface area (Å²) in [4.78, 5) is 0. The predicted octanol–water partition coefficient (Wildman–Crippen LogP) is 4.14. The SMILES string of the molecule is CC[C@H](N)c1ccc(C2CCCCC2)cc1. The molecular weight excluding hydrogens is 194 g/mol. The molecule has 0 heterocycles. The molecule has 1 aromatic rings. The van der Waals surface area contributed by atoms with Crippen molar-refractivity contribution in [3.05, 3.63) is 35.4 Å². The van der Waals surface area contributed by atoms with E-state index in [0.717, 1.165) is 12.3 Å². The smallest absolute Gasteiger partial charge is 0.0292 e. The van der Waals surface area contributed by atoms with Crippen LogP contribution in [-0.4, -0.2) is 0 Å². The minimum Gasteiger partial charge on any atom is -0.324 e. The van der Waals surface area contributed by atoms with Crippen molar-refractivity contribution in [2.45, 2.75) is 57.4 Å². The third kappa shape index (κ3) is 2.65. The highest BCUT2D eigenvalue weighted by Crippen LogP contribution is 2.32. The van der Waals surface area contributed by atoms with Crippen LogP contribution in [-0.2, 0) is 0 Å². The summed E-state index contributed by atoms with van der Waals surface area (Å²) < 4.78 is 0. The van der Waals surface area contributed by atoms with Gasteiger partial charge in [-0.05, 0) is 36.3 Å². The number of hydrogen-bond donors (Lipinski definition) is 1. The van der Waals surface area contributed by atoms with Crippen molar-refractivity contribution < 1.29 is 0 Å². The minimum absolute atomic E-state index is 0.209. The van der Waals surface area contributed by atoms with Crippen LogP contribution < -0.4 is 5.73 Å². The number of rotatable bonds is 3. The average Bonchev–Trinajstić information content (AvgIpc) is 2.39. The monoisotopic (exact) mass is 217 g/mol. The van der Waals surface area contributed by atoms with Gasteiger partial charge >= 0.3 is 0 Å². The maximum absolute atomic E-state index is 6.02. The van der Waals surface area contributed by atoms with Crippen LogP contribution in [0, 0.1) is 0 Å². The van der Waals surface area contributed by atoms with Gasteiger partial charge in [-0.25, -0.2) is 0 Å². The van der Waals surface area contributed by atoms with Crippen molar-refractivity contribution in [3.63, 3.8) is 0 Å². The molecule has 1 saturated carbocycles. The van der Waals surface area contributed by atoms with Crippen molar-refractivity contribution in [1.29, 1.82) is 0 Å². The molecule has 0 bridgehead atoms. The molecule has 1 aliphatic rings.